The number of rotatable bonds is 12. The molecule has 2 amide bonds. The zero-order valence-corrected chi connectivity index (χ0v) is 19.4. The topological polar surface area (TPSA) is 159 Å². The Labute approximate surface area is 201 Å². The molecule has 35 heavy (non-hydrogen) atoms. The molecular weight excluding hydrogens is 515 g/mol. The number of Topliss-reactive ketones (excluding diaryl/α,β-unsaturated/α-hetero) is 1. The van der Waals surface area contributed by atoms with Crippen LogP contribution in [0.5, 0.6) is 0 Å². The summed E-state index contributed by atoms with van der Waals surface area (Å²) in [7, 11) is -4.16. The van der Waals surface area contributed by atoms with E-state index >= 15 is 0 Å². The average molecular weight is 536 g/mol. The molecular formula is C20H20F3N3O7S2. The molecule has 1 atom stereocenters. The quantitative estimate of drug-likeness (QED) is 0.237. The highest BCUT2D eigenvalue weighted by molar-refractivity contribution is 7.89. The molecule has 1 aromatic carbocycles. The van der Waals surface area contributed by atoms with Crippen molar-refractivity contribution >= 4 is 44.9 Å². The zero-order chi connectivity index (χ0) is 26.2. The first-order valence-corrected chi connectivity index (χ1v) is 12.2. The predicted octanol–water partition coefficient (Wildman–Crippen LogP) is 1.55. The number of halogens is 3. The number of sulfonamides is 1. The number of thiophene rings is 1. The van der Waals surface area contributed by atoms with Crippen molar-refractivity contribution in [2.45, 2.75) is 30.0 Å². The summed E-state index contributed by atoms with van der Waals surface area (Å²) in [6.45, 7) is -0.946. The van der Waals surface area contributed by atoms with E-state index < -0.39 is 52.4 Å². The second-order valence-electron chi connectivity index (χ2n) is 6.98. The van der Waals surface area contributed by atoms with Gasteiger partial charge in [-0.1, -0.05) is 18.2 Å². The molecule has 0 radical (unpaired) electrons. The van der Waals surface area contributed by atoms with Crippen molar-refractivity contribution in [1.82, 2.24) is 15.4 Å². The molecule has 0 saturated heterocycles. The van der Waals surface area contributed by atoms with Crippen molar-refractivity contribution in [3.63, 3.8) is 0 Å². The minimum Gasteiger partial charge on any atom is -0.480 e. The molecule has 1 heterocycles. The Hall–Kier alpha value is -3.30. The van der Waals surface area contributed by atoms with Crippen LogP contribution < -0.4 is 15.4 Å². The molecule has 0 fully saturated rings. The molecule has 0 aliphatic rings. The number of hydrogen-bond donors (Lipinski definition) is 4. The molecule has 0 aliphatic carbocycles. The SMILES string of the molecule is O=C(CCCNC(=O)C(F)(F)F)c1ccc(C(=O)NCC(NS(=O)(=O)c2ccccc2)C(=O)O)s1. The standard InChI is InChI=1S/C20H20F3N3O7S2/c21-20(22,23)19(31)24-10-4-7-14(27)15-8-9-16(34-15)17(28)25-11-13(18(29)30)26-35(32,33)12-5-2-1-3-6-12/h1-3,5-6,8-9,13,26H,4,7,10-11H2,(H,24,31)(H,25,28)(H,29,30). The molecule has 2 aromatic rings. The Balaban J connectivity index is 1.89. The van der Waals surface area contributed by atoms with Gasteiger partial charge in [0, 0.05) is 19.5 Å². The fourth-order valence-corrected chi connectivity index (χ4v) is 4.70. The number of ketones is 1. The number of carboxylic acids is 1. The van der Waals surface area contributed by atoms with Gasteiger partial charge in [0.1, 0.15) is 6.04 Å². The molecule has 0 aliphatic heterocycles. The van der Waals surface area contributed by atoms with Gasteiger partial charge in [-0.2, -0.15) is 17.9 Å². The third kappa shape index (κ3) is 8.45. The van der Waals surface area contributed by atoms with Gasteiger partial charge in [0.25, 0.3) is 5.91 Å². The van der Waals surface area contributed by atoms with Gasteiger partial charge in [0.2, 0.25) is 10.0 Å². The van der Waals surface area contributed by atoms with Gasteiger partial charge in [-0.3, -0.25) is 19.2 Å². The zero-order valence-electron chi connectivity index (χ0n) is 17.8. The van der Waals surface area contributed by atoms with Crippen molar-refractivity contribution in [1.29, 1.82) is 0 Å². The number of alkyl halides is 3. The highest BCUT2D eigenvalue weighted by Gasteiger charge is 2.38. The van der Waals surface area contributed by atoms with Crippen LogP contribution in [0, 0.1) is 0 Å². The molecule has 0 saturated carbocycles. The van der Waals surface area contributed by atoms with Crippen molar-refractivity contribution in [2.24, 2.45) is 0 Å². The van der Waals surface area contributed by atoms with Crippen LogP contribution in [0.15, 0.2) is 47.4 Å². The lowest BCUT2D eigenvalue weighted by Gasteiger charge is -2.15. The summed E-state index contributed by atoms with van der Waals surface area (Å²) in [5.74, 6) is -4.85. The van der Waals surface area contributed by atoms with E-state index in [1.807, 2.05) is 4.72 Å². The van der Waals surface area contributed by atoms with Crippen LogP contribution in [0.4, 0.5) is 13.2 Å². The van der Waals surface area contributed by atoms with Crippen molar-refractivity contribution < 1.29 is 45.9 Å². The Morgan fingerprint density at radius 1 is 0.971 bits per heavy atom. The van der Waals surface area contributed by atoms with E-state index in [1.165, 1.54) is 36.4 Å². The lowest BCUT2D eigenvalue weighted by atomic mass is 10.2. The molecule has 15 heteroatoms. The monoisotopic (exact) mass is 535 g/mol. The summed E-state index contributed by atoms with van der Waals surface area (Å²) < 4.78 is 63.0. The molecule has 0 bridgehead atoms. The fraction of sp³-hybridized carbons (Fsp3) is 0.300. The number of carbonyl (C=O) groups excluding carboxylic acids is 3. The lowest BCUT2D eigenvalue weighted by Crippen LogP contribution is -2.48. The highest BCUT2D eigenvalue weighted by Crippen LogP contribution is 2.19. The Kier molecular flexibility index (Phi) is 9.50. The Morgan fingerprint density at radius 3 is 2.20 bits per heavy atom. The van der Waals surface area contributed by atoms with Crippen LogP contribution in [0.1, 0.15) is 32.2 Å². The number of carbonyl (C=O) groups is 4. The van der Waals surface area contributed by atoms with Gasteiger partial charge in [-0.15, -0.1) is 11.3 Å². The summed E-state index contributed by atoms with van der Waals surface area (Å²) in [4.78, 5) is 46.7. The van der Waals surface area contributed by atoms with Crippen molar-refractivity contribution in [3.8, 4) is 0 Å². The second kappa shape index (κ2) is 11.9. The van der Waals surface area contributed by atoms with E-state index in [1.54, 1.807) is 11.4 Å². The van der Waals surface area contributed by atoms with Gasteiger partial charge in [0.15, 0.2) is 5.78 Å². The minimum atomic E-state index is -5.01. The maximum Gasteiger partial charge on any atom is 0.471 e. The van der Waals surface area contributed by atoms with Gasteiger partial charge < -0.3 is 15.7 Å². The third-order valence-electron chi connectivity index (χ3n) is 4.34. The summed E-state index contributed by atoms with van der Waals surface area (Å²) in [5, 5.41) is 13.2. The van der Waals surface area contributed by atoms with E-state index in [0.29, 0.717) is 0 Å². The van der Waals surface area contributed by atoms with Gasteiger partial charge in [-0.25, -0.2) is 8.42 Å². The molecule has 4 N–H and O–H groups in total. The molecule has 2 rings (SSSR count). The number of carboxylic acid groups (broad SMARTS) is 1. The van der Waals surface area contributed by atoms with E-state index in [0.717, 1.165) is 11.3 Å². The van der Waals surface area contributed by atoms with Crippen LogP contribution >= 0.6 is 11.3 Å². The largest absolute Gasteiger partial charge is 0.480 e. The van der Waals surface area contributed by atoms with Crippen LogP contribution in [-0.4, -0.2) is 62.4 Å². The van der Waals surface area contributed by atoms with Crippen LogP contribution in [0.3, 0.4) is 0 Å². The Morgan fingerprint density at radius 2 is 1.60 bits per heavy atom. The average Bonchev–Trinajstić information content (AvgIpc) is 3.29. The fourth-order valence-electron chi connectivity index (χ4n) is 2.60. The van der Waals surface area contributed by atoms with Gasteiger partial charge in [0.05, 0.1) is 14.6 Å². The molecule has 10 nitrogen and oxygen atoms in total. The summed E-state index contributed by atoms with van der Waals surface area (Å²) >= 11 is 0.773. The molecule has 190 valence electrons. The molecule has 1 aromatic heterocycles. The second-order valence-corrected chi connectivity index (χ2v) is 9.78. The van der Waals surface area contributed by atoms with E-state index in [4.69, 9.17) is 0 Å². The number of hydrogen-bond acceptors (Lipinski definition) is 7. The number of benzene rings is 1. The van der Waals surface area contributed by atoms with Crippen molar-refractivity contribution in [3.05, 3.63) is 52.2 Å². The van der Waals surface area contributed by atoms with E-state index in [9.17, 15) is 45.9 Å². The third-order valence-corrected chi connectivity index (χ3v) is 6.96. The summed E-state index contributed by atoms with van der Waals surface area (Å²) in [6, 6.07) is 7.99. The lowest BCUT2D eigenvalue weighted by molar-refractivity contribution is -0.173. The number of nitrogens with one attached hydrogen (secondary N) is 3. The predicted molar refractivity (Wildman–Crippen MR) is 117 cm³/mol. The first kappa shape index (κ1) is 27.9. The van der Waals surface area contributed by atoms with Crippen LogP contribution in [-0.2, 0) is 19.6 Å². The van der Waals surface area contributed by atoms with Gasteiger partial charge >= 0.3 is 18.1 Å². The minimum absolute atomic E-state index is 0.0359. The highest BCUT2D eigenvalue weighted by atomic mass is 32.2. The first-order valence-electron chi connectivity index (χ1n) is 9.87. The molecule has 1 unspecified atom stereocenters. The summed E-state index contributed by atoms with van der Waals surface area (Å²) in [6.07, 6.45) is -5.25. The Bertz CT molecular complexity index is 1180. The van der Waals surface area contributed by atoms with E-state index in [-0.39, 0.29) is 34.0 Å². The van der Waals surface area contributed by atoms with E-state index in [2.05, 4.69) is 5.32 Å². The van der Waals surface area contributed by atoms with Gasteiger partial charge in [-0.05, 0) is 30.7 Å². The smallest absolute Gasteiger partial charge is 0.471 e. The normalized spacial score (nSPS) is 12.5. The number of aliphatic carboxylic acids is 1. The number of amides is 2. The first-order chi connectivity index (χ1) is 16.3. The van der Waals surface area contributed by atoms with Crippen molar-refractivity contribution in [2.75, 3.05) is 13.1 Å². The maximum absolute atomic E-state index is 12.3. The van der Waals surface area contributed by atoms with Crippen LogP contribution in [0.2, 0.25) is 0 Å². The molecule has 0 spiro atoms. The maximum atomic E-state index is 12.3. The van der Waals surface area contributed by atoms with Crippen LogP contribution in [0.25, 0.3) is 0 Å². The summed E-state index contributed by atoms with van der Waals surface area (Å²) in [5.41, 5.74) is 0.